The molecule has 2 aromatic rings. The first kappa shape index (κ1) is 17.4. The van der Waals surface area contributed by atoms with E-state index in [2.05, 4.69) is 5.32 Å². The number of carbonyl (C=O) groups excluding carboxylic acids is 1. The Balaban J connectivity index is 1.93. The Bertz CT molecular complexity index is 699. The van der Waals surface area contributed by atoms with Crippen molar-refractivity contribution in [3.8, 4) is 0 Å². The Morgan fingerprint density at radius 1 is 1.17 bits per heavy atom. The van der Waals surface area contributed by atoms with Gasteiger partial charge in [-0.1, -0.05) is 12.1 Å². The third-order valence-corrected chi connectivity index (χ3v) is 3.54. The smallest absolute Gasteiger partial charge is 0.269 e. The predicted octanol–water partition coefficient (Wildman–Crippen LogP) is 2.20. The maximum atomic E-state index is 12.0. The third-order valence-electron chi connectivity index (χ3n) is 3.54. The molecule has 0 fully saturated rings. The number of rotatable bonds is 7. The summed E-state index contributed by atoms with van der Waals surface area (Å²) in [6, 6.07) is 13.2. The number of aliphatic hydroxyl groups excluding tert-OH is 1. The van der Waals surface area contributed by atoms with Gasteiger partial charge in [-0.2, -0.15) is 0 Å². The summed E-state index contributed by atoms with van der Waals surface area (Å²) >= 11 is 0. The molecule has 0 radical (unpaired) electrons. The van der Waals surface area contributed by atoms with Crippen molar-refractivity contribution >= 4 is 23.0 Å². The minimum absolute atomic E-state index is 0.00162. The van der Waals surface area contributed by atoms with Crippen LogP contribution in [0.15, 0.2) is 48.5 Å². The molecule has 0 saturated carbocycles. The summed E-state index contributed by atoms with van der Waals surface area (Å²) in [5, 5.41) is 22.3. The van der Waals surface area contributed by atoms with Gasteiger partial charge in [0.1, 0.15) is 0 Å². The van der Waals surface area contributed by atoms with Crippen molar-refractivity contribution in [3.63, 3.8) is 0 Å². The molecule has 2 rings (SSSR count). The van der Waals surface area contributed by atoms with Crippen molar-refractivity contribution in [2.45, 2.75) is 6.42 Å². The lowest BCUT2D eigenvalue weighted by Gasteiger charge is -2.18. The lowest BCUT2D eigenvalue weighted by atomic mass is 10.1. The molecule has 0 bridgehead atoms. The summed E-state index contributed by atoms with van der Waals surface area (Å²) in [5.41, 5.74) is 2.32. The average molecular weight is 329 g/mol. The molecule has 24 heavy (non-hydrogen) atoms. The molecular formula is C17H19N3O4. The lowest BCUT2D eigenvalue weighted by molar-refractivity contribution is -0.384. The summed E-state index contributed by atoms with van der Waals surface area (Å²) in [7, 11) is 1.87. The van der Waals surface area contributed by atoms with E-state index in [1.165, 1.54) is 12.1 Å². The molecule has 0 aliphatic rings. The molecule has 0 aliphatic heterocycles. The quantitative estimate of drug-likeness (QED) is 0.600. The second-order valence-corrected chi connectivity index (χ2v) is 5.34. The number of non-ortho nitro benzene ring substituents is 1. The van der Waals surface area contributed by atoms with Gasteiger partial charge in [0, 0.05) is 37.1 Å². The Morgan fingerprint density at radius 3 is 2.33 bits per heavy atom. The van der Waals surface area contributed by atoms with E-state index in [1.807, 2.05) is 24.1 Å². The molecule has 0 unspecified atom stereocenters. The van der Waals surface area contributed by atoms with E-state index < -0.39 is 4.92 Å². The van der Waals surface area contributed by atoms with Gasteiger partial charge >= 0.3 is 0 Å². The zero-order valence-corrected chi connectivity index (χ0v) is 13.3. The topological polar surface area (TPSA) is 95.7 Å². The fourth-order valence-corrected chi connectivity index (χ4v) is 2.20. The van der Waals surface area contributed by atoms with Crippen molar-refractivity contribution in [1.29, 1.82) is 0 Å². The summed E-state index contributed by atoms with van der Waals surface area (Å²) in [5.74, 6) is -0.194. The number of anilines is 2. The number of nitrogens with one attached hydrogen (secondary N) is 1. The highest BCUT2D eigenvalue weighted by atomic mass is 16.6. The highest BCUT2D eigenvalue weighted by Crippen LogP contribution is 2.17. The van der Waals surface area contributed by atoms with Crippen LogP contribution in [0.25, 0.3) is 0 Å². The van der Waals surface area contributed by atoms with E-state index in [4.69, 9.17) is 5.11 Å². The zero-order valence-electron chi connectivity index (χ0n) is 13.3. The number of hydrogen-bond acceptors (Lipinski definition) is 5. The van der Waals surface area contributed by atoms with Gasteiger partial charge in [-0.05, 0) is 29.8 Å². The zero-order chi connectivity index (χ0) is 17.5. The number of likely N-dealkylation sites (N-methyl/N-ethyl adjacent to an activating group) is 1. The highest BCUT2D eigenvalue weighted by Gasteiger charge is 2.08. The van der Waals surface area contributed by atoms with Crippen LogP contribution < -0.4 is 10.2 Å². The number of benzene rings is 2. The number of nitro groups is 1. The van der Waals surface area contributed by atoms with Crippen LogP contribution in [0, 0.1) is 10.1 Å². The number of carbonyl (C=O) groups is 1. The summed E-state index contributed by atoms with van der Waals surface area (Å²) < 4.78 is 0. The Morgan fingerprint density at radius 2 is 1.79 bits per heavy atom. The van der Waals surface area contributed by atoms with E-state index in [-0.39, 0.29) is 24.6 Å². The number of aliphatic hydroxyl groups is 1. The molecule has 2 N–H and O–H groups in total. The molecule has 0 aromatic heterocycles. The summed E-state index contributed by atoms with van der Waals surface area (Å²) in [6.07, 6.45) is 0.143. The predicted molar refractivity (Wildman–Crippen MR) is 92.2 cm³/mol. The molecule has 0 heterocycles. The fourth-order valence-electron chi connectivity index (χ4n) is 2.20. The van der Waals surface area contributed by atoms with Gasteiger partial charge in [-0.15, -0.1) is 0 Å². The minimum atomic E-state index is -0.473. The number of nitrogens with zero attached hydrogens (tertiary/aromatic N) is 2. The standard InChI is InChI=1S/C17H19N3O4/c1-19(10-11-21)15-8-4-14(5-9-15)18-17(22)12-13-2-6-16(7-3-13)20(23)24/h2-9,21H,10-12H2,1H3,(H,18,22). The Hall–Kier alpha value is -2.93. The van der Waals surface area contributed by atoms with Gasteiger partial charge in [-0.3, -0.25) is 14.9 Å². The SMILES string of the molecule is CN(CCO)c1ccc(NC(=O)Cc2ccc([N+](=O)[O-])cc2)cc1. The van der Waals surface area contributed by atoms with Crippen molar-refractivity contribution in [1.82, 2.24) is 0 Å². The van der Waals surface area contributed by atoms with Crippen LogP contribution in [0.5, 0.6) is 0 Å². The first-order chi connectivity index (χ1) is 11.5. The molecule has 2 aromatic carbocycles. The highest BCUT2D eigenvalue weighted by molar-refractivity contribution is 5.92. The van der Waals surface area contributed by atoms with Gasteiger partial charge in [0.2, 0.25) is 5.91 Å². The maximum Gasteiger partial charge on any atom is 0.269 e. The summed E-state index contributed by atoms with van der Waals surface area (Å²) in [6.45, 7) is 0.607. The van der Waals surface area contributed by atoms with Crippen LogP contribution in [-0.4, -0.2) is 36.1 Å². The average Bonchev–Trinajstić information content (AvgIpc) is 2.56. The van der Waals surface area contributed by atoms with Crippen LogP contribution in [0.3, 0.4) is 0 Å². The van der Waals surface area contributed by atoms with Gasteiger partial charge in [0.15, 0.2) is 0 Å². The van der Waals surface area contributed by atoms with Crippen LogP contribution in [-0.2, 0) is 11.2 Å². The molecule has 0 spiro atoms. The first-order valence-electron chi connectivity index (χ1n) is 7.45. The van der Waals surface area contributed by atoms with Crippen LogP contribution >= 0.6 is 0 Å². The lowest BCUT2D eigenvalue weighted by Crippen LogP contribution is -2.21. The number of nitro benzene ring substituents is 1. The fraction of sp³-hybridized carbons (Fsp3) is 0.235. The minimum Gasteiger partial charge on any atom is -0.395 e. The van der Waals surface area contributed by atoms with Crippen LogP contribution in [0.2, 0.25) is 0 Å². The van der Waals surface area contributed by atoms with Crippen LogP contribution in [0.1, 0.15) is 5.56 Å². The second kappa shape index (κ2) is 8.07. The van der Waals surface area contributed by atoms with Crippen molar-refractivity contribution in [3.05, 3.63) is 64.2 Å². The van der Waals surface area contributed by atoms with Gasteiger partial charge in [0.05, 0.1) is 18.0 Å². The van der Waals surface area contributed by atoms with E-state index in [0.717, 1.165) is 5.69 Å². The molecule has 126 valence electrons. The maximum absolute atomic E-state index is 12.0. The second-order valence-electron chi connectivity index (χ2n) is 5.34. The normalized spacial score (nSPS) is 10.2. The molecule has 0 aliphatic carbocycles. The van der Waals surface area contributed by atoms with Gasteiger partial charge in [0.25, 0.3) is 5.69 Å². The van der Waals surface area contributed by atoms with E-state index in [1.54, 1.807) is 24.3 Å². The molecule has 1 amide bonds. The molecular weight excluding hydrogens is 310 g/mol. The molecule has 0 saturated heterocycles. The molecule has 7 nitrogen and oxygen atoms in total. The number of amides is 1. The molecule has 0 atom stereocenters. The van der Waals surface area contributed by atoms with Crippen molar-refractivity contribution < 1.29 is 14.8 Å². The number of hydrogen-bond donors (Lipinski definition) is 2. The van der Waals surface area contributed by atoms with E-state index >= 15 is 0 Å². The largest absolute Gasteiger partial charge is 0.395 e. The monoisotopic (exact) mass is 329 g/mol. The Kier molecular flexibility index (Phi) is 5.86. The van der Waals surface area contributed by atoms with Gasteiger partial charge in [-0.25, -0.2) is 0 Å². The van der Waals surface area contributed by atoms with Crippen molar-refractivity contribution in [2.75, 3.05) is 30.4 Å². The Labute approximate surface area is 139 Å². The molecule has 7 heteroatoms. The summed E-state index contributed by atoms with van der Waals surface area (Å²) in [4.78, 5) is 24.1. The van der Waals surface area contributed by atoms with E-state index in [9.17, 15) is 14.9 Å². The van der Waals surface area contributed by atoms with Crippen molar-refractivity contribution in [2.24, 2.45) is 0 Å². The third kappa shape index (κ3) is 4.79. The van der Waals surface area contributed by atoms with E-state index in [0.29, 0.717) is 17.8 Å². The van der Waals surface area contributed by atoms with Gasteiger partial charge < -0.3 is 15.3 Å². The first-order valence-corrected chi connectivity index (χ1v) is 7.45. The van der Waals surface area contributed by atoms with Crippen LogP contribution in [0.4, 0.5) is 17.1 Å².